The number of pyridine rings is 1. The van der Waals surface area contributed by atoms with Crippen molar-refractivity contribution in [3.63, 3.8) is 0 Å². The first-order valence-corrected chi connectivity index (χ1v) is 21.1. The molecule has 288 valence electrons. The molecule has 0 N–H and O–H groups in total. The third-order valence-corrected chi connectivity index (χ3v) is 12.9. The van der Waals surface area contributed by atoms with Crippen molar-refractivity contribution in [2.24, 2.45) is 0 Å². The molecule has 5 nitrogen and oxygen atoms in total. The van der Waals surface area contributed by atoms with Gasteiger partial charge in [0.25, 0.3) is 0 Å². The second-order valence-electron chi connectivity index (χ2n) is 16.2. The van der Waals surface area contributed by atoms with E-state index in [-0.39, 0.29) is 0 Å². The fourth-order valence-corrected chi connectivity index (χ4v) is 10.3. The largest absolute Gasteiger partial charge is 0.299 e. The van der Waals surface area contributed by atoms with Crippen molar-refractivity contribution in [1.29, 1.82) is 0 Å². The lowest BCUT2D eigenvalue weighted by Crippen LogP contribution is -2.25. The van der Waals surface area contributed by atoms with Gasteiger partial charge in [0.05, 0.1) is 16.8 Å². The van der Waals surface area contributed by atoms with Crippen molar-refractivity contribution in [1.82, 2.24) is 24.3 Å². The number of benzene rings is 8. The Morgan fingerprint density at radius 2 is 0.839 bits per heavy atom. The first-order chi connectivity index (χ1) is 30.7. The molecule has 0 saturated carbocycles. The molecular formula is C57H35N5. The number of hydrogen-bond donors (Lipinski definition) is 0. The van der Waals surface area contributed by atoms with Crippen LogP contribution in [0.4, 0.5) is 0 Å². The highest BCUT2D eigenvalue weighted by atomic mass is 15.0. The second-order valence-corrected chi connectivity index (χ2v) is 16.2. The van der Waals surface area contributed by atoms with Crippen LogP contribution >= 0.6 is 0 Å². The van der Waals surface area contributed by atoms with E-state index >= 15 is 0 Å². The van der Waals surface area contributed by atoms with Crippen LogP contribution in [0.1, 0.15) is 22.3 Å². The fraction of sp³-hybridized carbons (Fsp3) is 0.0175. The molecule has 3 heterocycles. The molecule has 0 saturated heterocycles. The summed E-state index contributed by atoms with van der Waals surface area (Å²) in [5.41, 5.74) is 17.2. The van der Waals surface area contributed by atoms with E-state index in [1.807, 2.05) is 12.1 Å². The van der Waals surface area contributed by atoms with Crippen LogP contribution in [0.15, 0.2) is 212 Å². The van der Waals surface area contributed by atoms with Gasteiger partial charge < -0.3 is 0 Å². The van der Waals surface area contributed by atoms with E-state index in [1.165, 1.54) is 44.5 Å². The SMILES string of the molecule is c1ccc(-c2nc3ccccn3c2-c2ccccc2-c2nc(-c3ccc4c(c3)C3(c5ccccc5-c5ccccc53)c3ccccc3-4)nc(-c3ccc4ccccc4c3)n2)cc1. The standard InChI is InChI=1S/C57H35N5/c1-2-17-37(18-3-1)52-53(62-33-15-14-28-51(62)58-52)45-23-6-7-24-46(45)56-60-54(39-30-29-36-16-4-5-19-38(36)34-39)59-55(61-56)40-31-32-44-43-22-10-13-27-49(43)57(50(44)35-40)47-25-11-8-20-41(47)42-21-9-12-26-48(42)57/h1-35H. The zero-order valence-electron chi connectivity index (χ0n) is 33.4. The molecule has 62 heavy (non-hydrogen) atoms. The normalized spacial score (nSPS) is 13.0. The van der Waals surface area contributed by atoms with Crippen LogP contribution in [0.5, 0.6) is 0 Å². The molecule has 2 aliphatic carbocycles. The Morgan fingerprint density at radius 1 is 0.323 bits per heavy atom. The quantitative estimate of drug-likeness (QED) is 0.174. The zero-order valence-corrected chi connectivity index (χ0v) is 33.4. The number of fused-ring (bicyclic) bond motifs is 12. The predicted molar refractivity (Wildman–Crippen MR) is 250 cm³/mol. The van der Waals surface area contributed by atoms with Gasteiger partial charge in [-0.3, -0.25) is 4.40 Å². The van der Waals surface area contributed by atoms with Gasteiger partial charge in [0.1, 0.15) is 5.65 Å². The van der Waals surface area contributed by atoms with E-state index < -0.39 is 5.41 Å². The molecule has 8 aromatic carbocycles. The maximum Gasteiger partial charge on any atom is 0.164 e. The second kappa shape index (κ2) is 13.4. The van der Waals surface area contributed by atoms with Crippen LogP contribution in [0.3, 0.4) is 0 Å². The molecule has 11 aromatic rings. The molecule has 0 radical (unpaired) electrons. The minimum Gasteiger partial charge on any atom is -0.299 e. The van der Waals surface area contributed by atoms with Gasteiger partial charge in [0, 0.05) is 34.0 Å². The Labute approximate surface area is 358 Å². The van der Waals surface area contributed by atoms with Gasteiger partial charge in [-0.2, -0.15) is 0 Å². The van der Waals surface area contributed by atoms with Crippen LogP contribution in [-0.4, -0.2) is 24.3 Å². The van der Waals surface area contributed by atoms with Crippen molar-refractivity contribution in [2.45, 2.75) is 5.41 Å². The Kier molecular flexibility index (Phi) is 7.45. The molecule has 2 aliphatic rings. The first-order valence-electron chi connectivity index (χ1n) is 21.1. The van der Waals surface area contributed by atoms with Crippen LogP contribution in [0, 0.1) is 0 Å². The van der Waals surface area contributed by atoms with E-state index in [0.29, 0.717) is 17.5 Å². The molecule has 0 atom stereocenters. The van der Waals surface area contributed by atoms with Crippen LogP contribution in [-0.2, 0) is 5.41 Å². The Morgan fingerprint density at radius 3 is 1.53 bits per heavy atom. The molecular weight excluding hydrogens is 755 g/mol. The van der Waals surface area contributed by atoms with Gasteiger partial charge in [0.2, 0.25) is 0 Å². The fourth-order valence-electron chi connectivity index (χ4n) is 10.3. The highest BCUT2D eigenvalue weighted by Crippen LogP contribution is 2.63. The van der Waals surface area contributed by atoms with Gasteiger partial charge in [-0.25, -0.2) is 19.9 Å². The lowest BCUT2D eigenvalue weighted by Gasteiger charge is -2.30. The minimum absolute atomic E-state index is 0.490. The Bertz CT molecular complexity index is 3540. The van der Waals surface area contributed by atoms with Gasteiger partial charge in [-0.1, -0.05) is 182 Å². The third kappa shape index (κ3) is 4.96. The lowest BCUT2D eigenvalue weighted by molar-refractivity contribution is 0.794. The molecule has 0 unspecified atom stereocenters. The summed E-state index contributed by atoms with van der Waals surface area (Å²) in [7, 11) is 0. The molecule has 0 amide bonds. The molecule has 13 rings (SSSR count). The summed E-state index contributed by atoms with van der Waals surface area (Å²) in [6.45, 7) is 0. The summed E-state index contributed by atoms with van der Waals surface area (Å²) >= 11 is 0. The van der Waals surface area contributed by atoms with Crippen molar-refractivity contribution in [2.75, 3.05) is 0 Å². The van der Waals surface area contributed by atoms with E-state index in [0.717, 1.165) is 55.6 Å². The smallest absolute Gasteiger partial charge is 0.164 e. The van der Waals surface area contributed by atoms with Crippen molar-refractivity contribution < 1.29 is 0 Å². The Balaban J connectivity index is 1.07. The molecule has 5 heteroatoms. The molecule has 0 bridgehead atoms. The highest BCUT2D eigenvalue weighted by molar-refractivity contribution is 5.96. The molecule has 0 fully saturated rings. The summed E-state index contributed by atoms with van der Waals surface area (Å²) in [5, 5.41) is 2.29. The number of aromatic nitrogens is 5. The van der Waals surface area contributed by atoms with E-state index in [9.17, 15) is 0 Å². The van der Waals surface area contributed by atoms with Crippen LogP contribution in [0.2, 0.25) is 0 Å². The lowest BCUT2D eigenvalue weighted by atomic mass is 9.70. The zero-order chi connectivity index (χ0) is 40.8. The predicted octanol–water partition coefficient (Wildman–Crippen LogP) is 13.4. The van der Waals surface area contributed by atoms with E-state index in [4.69, 9.17) is 19.9 Å². The maximum absolute atomic E-state index is 5.44. The summed E-state index contributed by atoms with van der Waals surface area (Å²) in [6.07, 6.45) is 2.08. The summed E-state index contributed by atoms with van der Waals surface area (Å²) in [6, 6.07) is 73.4. The van der Waals surface area contributed by atoms with Crippen molar-refractivity contribution in [3.05, 3.63) is 235 Å². The average molecular weight is 790 g/mol. The van der Waals surface area contributed by atoms with Gasteiger partial charge >= 0.3 is 0 Å². The van der Waals surface area contributed by atoms with Crippen molar-refractivity contribution in [3.8, 4) is 78.9 Å². The topological polar surface area (TPSA) is 56.0 Å². The summed E-state index contributed by atoms with van der Waals surface area (Å²) in [4.78, 5) is 21.3. The summed E-state index contributed by atoms with van der Waals surface area (Å²) in [5.74, 6) is 1.82. The number of rotatable bonds is 5. The van der Waals surface area contributed by atoms with Crippen LogP contribution in [0.25, 0.3) is 95.4 Å². The van der Waals surface area contributed by atoms with Crippen molar-refractivity contribution >= 4 is 16.4 Å². The van der Waals surface area contributed by atoms with E-state index in [2.05, 4.69) is 205 Å². The van der Waals surface area contributed by atoms with Gasteiger partial charge in [-0.05, 0) is 79.5 Å². The number of imidazole rings is 1. The maximum atomic E-state index is 5.44. The molecule has 0 aliphatic heterocycles. The van der Waals surface area contributed by atoms with Gasteiger partial charge in [-0.15, -0.1) is 0 Å². The van der Waals surface area contributed by atoms with Gasteiger partial charge in [0.15, 0.2) is 17.5 Å². The van der Waals surface area contributed by atoms with E-state index in [1.54, 1.807) is 0 Å². The average Bonchev–Trinajstić information content (AvgIpc) is 3.98. The monoisotopic (exact) mass is 789 g/mol. The minimum atomic E-state index is -0.490. The summed E-state index contributed by atoms with van der Waals surface area (Å²) < 4.78 is 2.17. The molecule has 3 aromatic heterocycles. The number of hydrogen-bond acceptors (Lipinski definition) is 4. The first kappa shape index (κ1) is 34.6. The third-order valence-electron chi connectivity index (χ3n) is 12.9. The highest BCUT2D eigenvalue weighted by Gasteiger charge is 2.51. The number of nitrogens with zero attached hydrogens (tertiary/aromatic N) is 5. The van der Waals surface area contributed by atoms with Crippen LogP contribution < -0.4 is 0 Å². The Hall–Kier alpha value is -8.28. The molecule has 1 spiro atoms.